The average Bonchev–Trinajstić information content (AvgIpc) is 2.57. The van der Waals surface area contributed by atoms with Gasteiger partial charge < -0.3 is 15.0 Å². The van der Waals surface area contributed by atoms with Crippen molar-refractivity contribution in [3.8, 4) is 0 Å². The van der Waals surface area contributed by atoms with Crippen LogP contribution in [0.3, 0.4) is 0 Å². The zero-order valence-electron chi connectivity index (χ0n) is 15.1. The maximum absolute atomic E-state index is 5.53. The molecule has 1 saturated heterocycles. The van der Waals surface area contributed by atoms with Gasteiger partial charge in [0, 0.05) is 50.3 Å². The number of aliphatic imine (C=N–C) groups is 1. The van der Waals surface area contributed by atoms with Gasteiger partial charge in [0.05, 0.1) is 13.2 Å². The summed E-state index contributed by atoms with van der Waals surface area (Å²) in [4.78, 5) is 9.07. The van der Waals surface area contributed by atoms with E-state index in [1.54, 1.807) is 0 Å². The molecular formula is C18H29BrN4O. The van der Waals surface area contributed by atoms with Crippen LogP contribution in [0, 0.1) is 0 Å². The molecule has 1 aromatic carbocycles. The molecule has 1 fully saturated rings. The van der Waals surface area contributed by atoms with Gasteiger partial charge in [0.2, 0.25) is 0 Å². The first-order valence-electron chi connectivity index (χ1n) is 8.51. The van der Waals surface area contributed by atoms with E-state index in [1.165, 1.54) is 5.56 Å². The van der Waals surface area contributed by atoms with E-state index in [4.69, 9.17) is 4.74 Å². The molecule has 24 heavy (non-hydrogen) atoms. The molecule has 2 unspecified atom stereocenters. The zero-order valence-corrected chi connectivity index (χ0v) is 16.7. The van der Waals surface area contributed by atoms with Crippen LogP contribution in [0.4, 0.5) is 0 Å². The number of rotatable bonds is 5. The molecule has 0 spiro atoms. The number of halogens is 1. The van der Waals surface area contributed by atoms with Crippen molar-refractivity contribution < 1.29 is 4.74 Å². The maximum atomic E-state index is 5.53. The van der Waals surface area contributed by atoms with Crippen molar-refractivity contribution in [1.29, 1.82) is 0 Å². The Hall–Kier alpha value is -1.11. The molecule has 1 N–H and O–H groups in total. The highest BCUT2D eigenvalue weighted by Crippen LogP contribution is 2.17. The molecule has 1 heterocycles. The normalized spacial score (nSPS) is 20.7. The van der Waals surface area contributed by atoms with Crippen molar-refractivity contribution in [3.05, 3.63) is 34.3 Å². The smallest absolute Gasteiger partial charge is 0.193 e. The van der Waals surface area contributed by atoms with Gasteiger partial charge in [-0.3, -0.25) is 9.89 Å². The van der Waals surface area contributed by atoms with Crippen LogP contribution in [0.2, 0.25) is 0 Å². The van der Waals surface area contributed by atoms with Crippen molar-refractivity contribution in [2.24, 2.45) is 4.99 Å². The molecule has 5 nitrogen and oxygen atoms in total. The number of hydrogen-bond acceptors (Lipinski definition) is 3. The van der Waals surface area contributed by atoms with Crippen LogP contribution in [-0.2, 0) is 11.3 Å². The van der Waals surface area contributed by atoms with Gasteiger partial charge in [0.15, 0.2) is 5.96 Å². The standard InChI is InChI=1S/C18H29BrN4O/c1-14(23-9-10-24-13-15(23)2)11-21-18(20-3)22(4)12-16-7-5-6-8-17(16)19/h5-8,14-15H,9-13H2,1-4H3,(H,20,21). The maximum Gasteiger partial charge on any atom is 0.193 e. The number of benzene rings is 1. The minimum atomic E-state index is 0.442. The van der Waals surface area contributed by atoms with Gasteiger partial charge in [-0.2, -0.15) is 0 Å². The third-order valence-corrected chi connectivity index (χ3v) is 5.25. The van der Waals surface area contributed by atoms with E-state index in [2.05, 4.69) is 75.1 Å². The van der Waals surface area contributed by atoms with Crippen molar-refractivity contribution in [2.45, 2.75) is 32.5 Å². The Morgan fingerprint density at radius 1 is 1.50 bits per heavy atom. The molecule has 6 heteroatoms. The topological polar surface area (TPSA) is 40.1 Å². The van der Waals surface area contributed by atoms with Gasteiger partial charge in [-0.15, -0.1) is 0 Å². The molecule has 1 aliphatic rings. The quantitative estimate of drug-likeness (QED) is 0.613. The summed E-state index contributed by atoms with van der Waals surface area (Å²) in [5.74, 6) is 0.915. The Morgan fingerprint density at radius 2 is 2.25 bits per heavy atom. The lowest BCUT2D eigenvalue weighted by Crippen LogP contribution is -2.53. The van der Waals surface area contributed by atoms with Crippen LogP contribution in [-0.4, -0.2) is 68.2 Å². The van der Waals surface area contributed by atoms with Crippen molar-refractivity contribution in [2.75, 3.05) is 40.4 Å². The first kappa shape index (κ1) is 19.2. The summed E-state index contributed by atoms with van der Waals surface area (Å²) in [5, 5.41) is 3.50. The summed E-state index contributed by atoms with van der Waals surface area (Å²) in [6.45, 7) is 8.81. The Bertz CT molecular complexity index is 552. The van der Waals surface area contributed by atoms with Crippen LogP contribution in [0.25, 0.3) is 0 Å². The summed E-state index contributed by atoms with van der Waals surface area (Å²) in [7, 11) is 3.90. The van der Waals surface area contributed by atoms with Crippen LogP contribution in [0.15, 0.2) is 33.7 Å². The van der Waals surface area contributed by atoms with Gasteiger partial charge in [-0.05, 0) is 25.5 Å². The van der Waals surface area contributed by atoms with Crippen molar-refractivity contribution >= 4 is 21.9 Å². The van der Waals surface area contributed by atoms with Gasteiger partial charge in [0.1, 0.15) is 0 Å². The van der Waals surface area contributed by atoms with E-state index in [-0.39, 0.29) is 0 Å². The number of hydrogen-bond donors (Lipinski definition) is 1. The highest BCUT2D eigenvalue weighted by Gasteiger charge is 2.23. The average molecular weight is 397 g/mol. The molecule has 0 saturated carbocycles. The zero-order chi connectivity index (χ0) is 17.5. The monoisotopic (exact) mass is 396 g/mol. The van der Waals surface area contributed by atoms with E-state index in [0.29, 0.717) is 12.1 Å². The lowest BCUT2D eigenvalue weighted by molar-refractivity contribution is -0.0175. The van der Waals surface area contributed by atoms with Gasteiger partial charge in [0.25, 0.3) is 0 Å². The summed E-state index contributed by atoms with van der Waals surface area (Å²) in [5.41, 5.74) is 1.25. The second kappa shape index (κ2) is 9.39. The summed E-state index contributed by atoms with van der Waals surface area (Å²) in [6.07, 6.45) is 0. The molecule has 1 aromatic rings. The van der Waals surface area contributed by atoms with Crippen LogP contribution >= 0.6 is 15.9 Å². The highest BCUT2D eigenvalue weighted by molar-refractivity contribution is 9.10. The van der Waals surface area contributed by atoms with Crippen LogP contribution in [0.1, 0.15) is 19.4 Å². The van der Waals surface area contributed by atoms with E-state index < -0.39 is 0 Å². The van der Waals surface area contributed by atoms with Crippen LogP contribution in [0.5, 0.6) is 0 Å². The summed E-state index contributed by atoms with van der Waals surface area (Å²) in [6, 6.07) is 9.21. The number of morpholine rings is 1. The van der Waals surface area contributed by atoms with Gasteiger partial charge >= 0.3 is 0 Å². The summed E-state index contributed by atoms with van der Waals surface area (Å²) < 4.78 is 6.65. The second-order valence-electron chi connectivity index (χ2n) is 6.39. The number of ether oxygens (including phenoxy) is 1. The molecule has 134 valence electrons. The van der Waals surface area contributed by atoms with E-state index in [9.17, 15) is 0 Å². The molecule has 0 aromatic heterocycles. The molecule has 0 amide bonds. The Balaban J connectivity index is 1.88. The van der Waals surface area contributed by atoms with Crippen LogP contribution < -0.4 is 5.32 Å². The first-order valence-corrected chi connectivity index (χ1v) is 9.31. The molecular weight excluding hydrogens is 368 g/mol. The fraction of sp³-hybridized carbons (Fsp3) is 0.611. The van der Waals surface area contributed by atoms with Gasteiger partial charge in [-0.1, -0.05) is 34.1 Å². The molecule has 0 radical (unpaired) electrons. The lowest BCUT2D eigenvalue weighted by Gasteiger charge is -2.38. The summed E-state index contributed by atoms with van der Waals surface area (Å²) >= 11 is 3.61. The predicted molar refractivity (Wildman–Crippen MR) is 103 cm³/mol. The number of guanidine groups is 1. The van der Waals surface area contributed by atoms with Crippen molar-refractivity contribution in [1.82, 2.24) is 15.1 Å². The van der Waals surface area contributed by atoms with Crippen molar-refractivity contribution in [3.63, 3.8) is 0 Å². The molecule has 0 bridgehead atoms. The van der Waals surface area contributed by atoms with E-state index >= 15 is 0 Å². The van der Waals surface area contributed by atoms with E-state index in [1.807, 2.05) is 13.1 Å². The fourth-order valence-corrected chi connectivity index (χ4v) is 3.50. The molecule has 2 rings (SSSR count). The molecule has 2 atom stereocenters. The SMILES string of the molecule is CN=C(NCC(C)N1CCOCC1C)N(C)Cc1ccccc1Br. The largest absolute Gasteiger partial charge is 0.379 e. The Morgan fingerprint density at radius 3 is 2.92 bits per heavy atom. The third-order valence-electron chi connectivity index (χ3n) is 4.48. The number of nitrogens with one attached hydrogen (secondary N) is 1. The lowest BCUT2D eigenvalue weighted by atomic mass is 10.2. The highest BCUT2D eigenvalue weighted by atomic mass is 79.9. The Labute approximate surface area is 154 Å². The van der Waals surface area contributed by atoms with E-state index in [0.717, 1.165) is 43.3 Å². The fourth-order valence-electron chi connectivity index (χ4n) is 3.09. The van der Waals surface area contributed by atoms with Gasteiger partial charge in [-0.25, -0.2) is 0 Å². The molecule has 1 aliphatic heterocycles. The minimum Gasteiger partial charge on any atom is -0.379 e. The second-order valence-corrected chi connectivity index (χ2v) is 7.24. The first-order chi connectivity index (χ1) is 11.5. The molecule has 0 aliphatic carbocycles. The predicted octanol–water partition coefficient (Wildman–Crippen LogP) is 2.57. The number of nitrogens with zero attached hydrogens (tertiary/aromatic N) is 3. The Kier molecular flexibility index (Phi) is 7.52. The minimum absolute atomic E-state index is 0.442. The third kappa shape index (κ3) is 5.19.